The first-order valence-electron chi connectivity index (χ1n) is 26.2. The van der Waals surface area contributed by atoms with Crippen molar-refractivity contribution in [1.29, 1.82) is 0 Å². The van der Waals surface area contributed by atoms with Gasteiger partial charge in [-0.2, -0.15) is 0 Å². The summed E-state index contributed by atoms with van der Waals surface area (Å²) in [5.41, 5.74) is 0.00508. The Kier molecular flexibility index (Phi) is 39.0. The highest BCUT2D eigenvalue weighted by Crippen LogP contribution is 2.22. The molecule has 0 aromatic carbocycles. The van der Waals surface area contributed by atoms with Crippen molar-refractivity contribution in [3.63, 3.8) is 0 Å². The van der Waals surface area contributed by atoms with Crippen molar-refractivity contribution in [1.82, 2.24) is 9.88 Å². The minimum Gasteiger partial charge on any atom is -0.466 e. The minimum absolute atomic E-state index is 0.00508. The van der Waals surface area contributed by atoms with Crippen LogP contribution in [0.15, 0.2) is 18.3 Å². The number of nitro groups is 1. The molecule has 1 aromatic heterocycles. The predicted octanol–water partition coefficient (Wildman–Crippen LogP) is 15.1. The van der Waals surface area contributed by atoms with Gasteiger partial charge in [0.05, 0.1) is 11.5 Å². The molecular formula is C52H96N4O6. The molecular weight excluding hydrogens is 777 g/mol. The lowest BCUT2D eigenvalue weighted by Gasteiger charge is -2.22. The number of ether oxygens (including phenoxy) is 2. The Hall–Kier alpha value is -2.75. The molecule has 0 amide bonds. The molecule has 1 rings (SSSR count). The highest BCUT2D eigenvalue weighted by Gasteiger charge is 2.16. The predicted molar refractivity (Wildman–Crippen MR) is 260 cm³/mol. The molecule has 0 bridgehead atoms. The molecule has 10 heteroatoms. The van der Waals surface area contributed by atoms with Gasteiger partial charge in [0.1, 0.15) is 6.10 Å². The third kappa shape index (κ3) is 33.8. The monoisotopic (exact) mass is 873 g/mol. The van der Waals surface area contributed by atoms with Crippen LogP contribution < -0.4 is 5.32 Å². The number of carbonyl (C=O) groups is 2. The summed E-state index contributed by atoms with van der Waals surface area (Å²) in [4.78, 5) is 43.0. The second kappa shape index (κ2) is 42.2. The Morgan fingerprint density at radius 2 is 1.10 bits per heavy atom. The molecule has 0 aliphatic heterocycles. The smallest absolute Gasteiger partial charge is 0.311 e. The van der Waals surface area contributed by atoms with Crippen LogP contribution in [-0.2, 0) is 19.1 Å². The van der Waals surface area contributed by atoms with Gasteiger partial charge >= 0.3 is 17.6 Å². The van der Waals surface area contributed by atoms with E-state index in [1.54, 1.807) is 12.3 Å². The first kappa shape index (κ1) is 57.3. The maximum absolute atomic E-state index is 12.9. The molecule has 0 saturated heterocycles. The SMILES string of the molecule is CCCCCCCCC(CCCCCCCC)OC(=O)CCCCCCCN(CCCCCCCC(=O)OCCC(CCCC)CCCC)CCCNc1ncccc1[N+](=O)[O-]. The standard InChI is InChI=1S/C52H96N4O6/c1-5-9-13-15-19-25-35-48(36-26-20-16-14-10-6-2)62-51(58)39-28-22-18-24-30-44-55(45-32-42-54-52-49(56(59)60)37-31-41-53-52)43-29-23-17-21-27-38-50(57)61-46-40-47(33-11-7-3)34-12-8-4/h31,37,41,47-48H,5-30,32-36,38-40,42-46H2,1-4H3,(H,53,54). The van der Waals surface area contributed by atoms with Gasteiger partial charge in [0.25, 0.3) is 0 Å². The summed E-state index contributed by atoms with van der Waals surface area (Å²) in [5.74, 6) is 0.953. The van der Waals surface area contributed by atoms with Crippen molar-refractivity contribution >= 4 is 23.4 Å². The molecule has 1 heterocycles. The maximum atomic E-state index is 12.9. The molecule has 0 fully saturated rings. The van der Waals surface area contributed by atoms with Gasteiger partial charge in [-0.15, -0.1) is 0 Å². The van der Waals surface area contributed by atoms with Crippen LogP contribution in [0.2, 0.25) is 0 Å². The molecule has 10 nitrogen and oxygen atoms in total. The number of pyridine rings is 1. The third-order valence-corrected chi connectivity index (χ3v) is 12.4. The first-order valence-corrected chi connectivity index (χ1v) is 26.2. The summed E-state index contributed by atoms with van der Waals surface area (Å²) < 4.78 is 11.7. The van der Waals surface area contributed by atoms with E-state index in [-0.39, 0.29) is 23.7 Å². The molecule has 62 heavy (non-hydrogen) atoms. The Labute approximate surface area is 380 Å². The second-order valence-corrected chi connectivity index (χ2v) is 18.2. The van der Waals surface area contributed by atoms with Crippen LogP contribution >= 0.6 is 0 Å². The van der Waals surface area contributed by atoms with E-state index in [2.05, 4.69) is 42.9 Å². The topological polar surface area (TPSA) is 124 Å². The highest BCUT2D eigenvalue weighted by molar-refractivity contribution is 5.69. The number of hydrogen-bond donors (Lipinski definition) is 1. The number of nitrogens with zero attached hydrogens (tertiary/aromatic N) is 3. The molecule has 1 N–H and O–H groups in total. The van der Waals surface area contributed by atoms with Crippen LogP contribution in [0.4, 0.5) is 11.5 Å². The zero-order chi connectivity index (χ0) is 45.1. The van der Waals surface area contributed by atoms with Crippen LogP contribution in [0.1, 0.15) is 246 Å². The molecule has 0 atom stereocenters. The average Bonchev–Trinajstić information content (AvgIpc) is 3.27. The summed E-state index contributed by atoms with van der Waals surface area (Å²) >= 11 is 0. The van der Waals surface area contributed by atoms with Gasteiger partial charge in [0, 0.05) is 31.6 Å². The Bertz CT molecular complexity index is 1180. The molecule has 0 spiro atoms. The fraction of sp³-hybridized carbons (Fsp3) is 0.865. The zero-order valence-corrected chi connectivity index (χ0v) is 40.8. The van der Waals surface area contributed by atoms with Crippen LogP contribution in [0, 0.1) is 16.0 Å². The molecule has 1 aromatic rings. The molecule has 0 aliphatic carbocycles. The fourth-order valence-corrected chi connectivity index (χ4v) is 8.44. The summed E-state index contributed by atoms with van der Waals surface area (Å²) in [6, 6.07) is 3.07. The Morgan fingerprint density at radius 1 is 0.613 bits per heavy atom. The molecule has 0 saturated carbocycles. The lowest BCUT2D eigenvalue weighted by atomic mass is 9.93. The van der Waals surface area contributed by atoms with E-state index in [0.29, 0.717) is 37.7 Å². The lowest BCUT2D eigenvalue weighted by Crippen LogP contribution is -2.28. The Morgan fingerprint density at radius 3 is 1.65 bits per heavy atom. The Balaban J connectivity index is 2.44. The minimum atomic E-state index is -0.391. The molecule has 0 unspecified atom stereocenters. The van der Waals surface area contributed by atoms with E-state index in [4.69, 9.17) is 9.47 Å². The first-order chi connectivity index (χ1) is 30.3. The van der Waals surface area contributed by atoms with Crippen molar-refractivity contribution in [3.8, 4) is 0 Å². The molecule has 360 valence electrons. The number of anilines is 1. The van der Waals surface area contributed by atoms with Crippen molar-refractivity contribution in [3.05, 3.63) is 28.4 Å². The van der Waals surface area contributed by atoms with Crippen molar-refractivity contribution < 1.29 is 24.0 Å². The van der Waals surface area contributed by atoms with Crippen LogP contribution in [0.25, 0.3) is 0 Å². The van der Waals surface area contributed by atoms with Gasteiger partial charge in [-0.3, -0.25) is 19.7 Å². The lowest BCUT2D eigenvalue weighted by molar-refractivity contribution is -0.384. The number of carbonyl (C=O) groups excluding carboxylic acids is 2. The number of unbranched alkanes of at least 4 members (excludes halogenated alkanes) is 20. The summed E-state index contributed by atoms with van der Waals surface area (Å²) in [6.45, 7) is 13.1. The number of rotatable bonds is 46. The zero-order valence-electron chi connectivity index (χ0n) is 40.8. The van der Waals surface area contributed by atoms with Gasteiger partial charge in [-0.1, -0.05) is 169 Å². The second-order valence-electron chi connectivity index (χ2n) is 18.2. The quantitative estimate of drug-likeness (QED) is 0.0295. The number of aromatic nitrogens is 1. The van der Waals surface area contributed by atoms with E-state index in [1.807, 2.05) is 0 Å². The van der Waals surface area contributed by atoms with Crippen molar-refractivity contribution in [2.75, 3.05) is 38.1 Å². The molecule has 0 aliphatic rings. The number of esters is 2. The third-order valence-electron chi connectivity index (χ3n) is 12.4. The highest BCUT2D eigenvalue weighted by atomic mass is 16.6. The van der Waals surface area contributed by atoms with E-state index in [9.17, 15) is 19.7 Å². The van der Waals surface area contributed by atoms with Crippen LogP contribution in [-0.4, -0.2) is 65.6 Å². The summed E-state index contributed by atoms with van der Waals surface area (Å²) in [7, 11) is 0. The number of hydrogen-bond acceptors (Lipinski definition) is 9. The van der Waals surface area contributed by atoms with Crippen molar-refractivity contribution in [2.45, 2.75) is 252 Å². The van der Waals surface area contributed by atoms with Gasteiger partial charge < -0.3 is 19.7 Å². The van der Waals surface area contributed by atoms with Crippen LogP contribution in [0.3, 0.4) is 0 Å². The molecule has 0 radical (unpaired) electrons. The van der Waals surface area contributed by atoms with Gasteiger partial charge in [-0.25, -0.2) is 4.98 Å². The van der Waals surface area contributed by atoms with E-state index in [0.717, 1.165) is 122 Å². The van der Waals surface area contributed by atoms with Gasteiger partial charge in [-0.05, 0) is 95.8 Å². The average molecular weight is 873 g/mol. The summed E-state index contributed by atoms with van der Waals surface area (Å²) in [5, 5.41) is 14.6. The largest absolute Gasteiger partial charge is 0.466 e. The van der Waals surface area contributed by atoms with E-state index in [1.165, 1.54) is 109 Å². The van der Waals surface area contributed by atoms with Gasteiger partial charge in [0.15, 0.2) is 0 Å². The summed E-state index contributed by atoms with van der Waals surface area (Å²) in [6.07, 6.45) is 39.8. The van der Waals surface area contributed by atoms with E-state index >= 15 is 0 Å². The van der Waals surface area contributed by atoms with Crippen molar-refractivity contribution in [2.24, 2.45) is 5.92 Å². The van der Waals surface area contributed by atoms with Gasteiger partial charge in [0.2, 0.25) is 5.82 Å². The number of nitrogens with one attached hydrogen (secondary N) is 1. The van der Waals surface area contributed by atoms with Crippen LogP contribution in [0.5, 0.6) is 0 Å². The normalized spacial score (nSPS) is 11.5. The maximum Gasteiger partial charge on any atom is 0.311 e. The van der Waals surface area contributed by atoms with E-state index < -0.39 is 4.92 Å². The fourth-order valence-electron chi connectivity index (χ4n) is 8.44.